The highest BCUT2D eigenvalue weighted by Crippen LogP contribution is 2.36. The molecule has 5 heteroatoms. The van der Waals surface area contributed by atoms with Gasteiger partial charge in [-0.3, -0.25) is 4.58 Å². The molecule has 3 atom stereocenters. The highest BCUT2D eigenvalue weighted by molar-refractivity contribution is 6.73. The average molecular weight is 331 g/mol. The summed E-state index contributed by atoms with van der Waals surface area (Å²) >= 11 is 0. The Morgan fingerprint density at radius 1 is 1.18 bits per heavy atom. The number of ether oxygens (including phenoxy) is 2. The zero-order chi connectivity index (χ0) is 16.8. The molecule has 22 heavy (non-hydrogen) atoms. The van der Waals surface area contributed by atoms with Gasteiger partial charge in [-0.05, 0) is 30.6 Å². The van der Waals surface area contributed by atoms with Crippen LogP contribution in [0.2, 0.25) is 18.1 Å². The molecule has 0 spiro atoms. The monoisotopic (exact) mass is 330 g/mol. The highest BCUT2D eigenvalue weighted by atomic mass is 28.4. The lowest BCUT2D eigenvalue weighted by atomic mass is 9.94. The van der Waals surface area contributed by atoms with Gasteiger partial charge in [-0.25, -0.2) is 4.89 Å². The van der Waals surface area contributed by atoms with Gasteiger partial charge in [-0.15, -0.1) is 0 Å². The fraction of sp³-hybridized carbons (Fsp3) is 0.882. The van der Waals surface area contributed by atoms with E-state index >= 15 is 0 Å². The minimum absolute atomic E-state index is 0.00808. The fourth-order valence-corrected chi connectivity index (χ4v) is 2.68. The third kappa shape index (κ3) is 5.78. The van der Waals surface area contributed by atoms with Crippen molar-refractivity contribution in [3.8, 4) is 0 Å². The van der Waals surface area contributed by atoms with E-state index in [1.165, 1.54) is 12.8 Å². The Balaban J connectivity index is 2.55. The molecule has 0 bridgehead atoms. The maximum absolute atomic E-state index is 5.95. The Morgan fingerprint density at radius 3 is 2.41 bits per heavy atom. The van der Waals surface area contributed by atoms with Crippen molar-refractivity contribution in [3.63, 3.8) is 0 Å². The lowest BCUT2D eigenvalue weighted by Gasteiger charge is -2.36. The van der Waals surface area contributed by atoms with Crippen molar-refractivity contribution >= 4 is 8.32 Å². The topological polar surface area (TPSA) is 36.9 Å². The van der Waals surface area contributed by atoms with Gasteiger partial charge in [-0.2, -0.15) is 0 Å². The summed E-state index contributed by atoms with van der Waals surface area (Å²) in [6.07, 6.45) is 7.39. The summed E-state index contributed by atoms with van der Waals surface area (Å²) in [6.45, 7) is 13.6. The first kappa shape index (κ1) is 19.8. The van der Waals surface area contributed by atoms with Crippen LogP contribution in [0.5, 0.6) is 0 Å². The molecule has 0 unspecified atom stereocenters. The normalized spacial score (nSPS) is 26.4. The van der Waals surface area contributed by atoms with Gasteiger partial charge in [0, 0.05) is 13.0 Å². The van der Waals surface area contributed by atoms with E-state index in [1.807, 2.05) is 6.08 Å². The van der Waals surface area contributed by atoms with E-state index in [9.17, 15) is 0 Å². The summed E-state index contributed by atoms with van der Waals surface area (Å²) in [7, 11) is -0.231. The Labute approximate surface area is 137 Å². The first-order valence-electron chi connectivity index (χ1n) is 8.38. The first-order chi connectivity index (χ1) is 10.2. The maximum atomic E-state index is 5.95. The molecule has 0 radical (unpaired) electrons. The van der Waals surface area contributed by atoms with Gasteiger partial charge >= 0.3 is 0 Å². The molecule has 1 rings (SSSR count). The van der Waals surface area contributed by atoms with Crippen LogP contribution in [-0.4, -0.2) is 34.4 Å². The molecule has 0 fully saturated rings. The van der Waals surface area contributed by atoms with Crippen molar-refractivity contribution in [3.05, 3.63) is 12.2 Å². The smallest absolute Gasteiger partial charge is 0.238 e. The van der Waals surface area contributed by atoms with Gasteiger partial charge in [-0.1, -0.05) is 46.6 Å². The lowest BCUT2D eigenvalue weighted by Crippen LogP contribution is -2.42. The summed E-state index contributed by atoms with van der Waals surface area (Å²) in [6, 6.07) is 0. The van der Waals surface area contributed by atoms with Crippen molar-refractivity contribution in [2.24, 2.45) is 5.92 Å². The molecule has 1 aliphatic rings. The predicted molar refractivity (Wildman–Crippen MR) is 92.1 cm³/mol. The Hall–Kier alpha value is -0.203. The maximum Gasteiger partial charge on any atom is 0.238 e. The van der Waals surface area contributed by atoms with Crippen LogP contribution < -0.4 is 0 Å². The Morgan fingerprint density at radius 2 is 1.86 bits per heavy atom. The average Bonchev–Trinajstić information content (AvgIpc) is 2.44. The van der Waals surface area contributed by atoms with E-state index in [0.717, 1.165) is 6.42 Å². The summed E-state index contributed by atoms with van der Waals surface area (Å²) in [5.41, 5.74) is 0. The molecule has 0 N–H and O–H groups in total. The number of hydrogen-bond donors (Lipinski definition) is 0. The SMILES string of the molecule is CCCC[C@H]1C=C[C@@H](OC)O[C@@H]1COO[Si](C)(C)C(C)(C)C. The molecule has 0 aromatic carbocycles. The summed E-state index contributed by atoms with van der Waals surface area (Å²) in [5, 5.41) is 0.136. The molecule has 1 aliphatic heterocycles. The number of unbranched alkanes of at least 4 members (excludes halogenated alkanes) is 1. The second kappa shape index (κ2) is 8.59. The molecule has 1 heterocycles. The molecule has 0 aromatic rings. The zero-order valence-corrected chi connectivity index (χ0v) is 16.3. The third-order valence-electron chi connectivity index (χ3n) is 4.73. The molecule has 0 aromatic heterocycles. The highest BCUT2D eigenvalue weighted by Gasteiger charge is 2.39. The van der Waals surface area contributed by atoms with Crippen LogP contribution in [0.25, 0.3) is 0 Å². The number of hydrogen-bond acceptors (Lipinski definition) is 4. The van der Waals surface area contributed by atoms with Crippen LogP contribution in [0.1, 0.15) is 47.0 Å². The minimum atomic E-state index is -1.89. The van der Waals surface area contributed by atoms with Gasteiger partial charge in [0.25, 0.3) is 0 Å². The fourth-order valence-electron chi connectivity index (χ4n) is 2.07. The van der Waals surface area contributed by atoms with E-state index in [4.69, 9.17) is 18.9 Å². The molecule has 0 aliphatic carbocycles. The van der Waals surface area contributed by atoms with Crippen molar-refractivity contribution in [2.45, 2.75) is 77.5 Å². The predicted octanol–water partition coefficient (Wildman–Crippen LogP) is 4.67. The van der Waals surface area contributed by atoms with E-state index in [1.54, 1.807) is 7.11 Å². The summed E-state index contributed by atoms with van der Waals surface area (Å²) in [4.78, 5) is 5.61. The molecule has 4 nitrogen and oxygen atoms in total. The molecular weight excluding hydrogens is 296 g/mol. The largest absolute Gasteiger partial charge is 0.352 e. The van der Waals surface area contributed by atoms with Crippen molar-refractivity contribution in [1.82, 2.24) is 0 Å². The van der Waals surface area contributed by atoms with Crippen molar-refractivity contribution in [1.29, 1.82) is 0 Å². The first-order valence-corrected chi connectivity index (χ1v) is 11.3. The second-order valence-electron chi connectivity index (χ2n) is 7.60. The Kier molecular flexibility index (Phi) is 7.75. The standard InChI is InChI=1S/C17H34O4Si/c1-8-9-10-14-11-12-16(18-5)20-15(14)13-19-21-22(6,7)17(2,3)4/h11-12,14-16H,8-10,13H2,1-7H3/t14-,15+,16-/m0/s1. The summed E-state index contributed by atoms with van der Waals surface area (Å²) in [5.74, 6) is 0.370. The van der Waals surface area contributed by atoms with E-state index in [2.05, 4.69) is 46.9 Å². The van der Waals surface area contributed by atoms with Gasteiger partial charge in [0.15, 0.2) is 6.29 Å². The van der Waals surface area contributed by atoms with Crippen LogP contribution >= 0.6 is 0 Å². The zero-order valence-electron chi connectivity index (χ0n) is 15.3. The van der Waals surface area contributed by atoms with Crippen LogP contribution in [0.4, 0.5) is 0 Å². The van der Waals surface area contributed by atoms with E-state index in [-0.39, 0.29) is 17.4 Å². The molecule has 0 saturated heterocycles. The van der Waals surface area contributed by atoms with E-state index in [0.29, 0.717) is 12.5 Å². The minimum Gasteiger partial charge on any atom is -0.352 e. The number of methoxy groups -OCH3 is 1. The van der Waals surface area contributed by atoms with Crippen LogP contribution in [0.15, 0.2) is 12.2 Å². The number of rotatable bonds is 8. The van der Waals surface area contributed by atoms with Gasteiger partial charge in [0.1, 0.15) is 6.61 Å². The lowest BCUT2D eigenvalue weighted by molar-refractivity contribution is -0.260. The van der Waals surface area contributed by atoms with Gasteiger partial charge in [0.2, 0.25) is 8.32 Å². The van der Waals surface area contributed by atoms with Crippen molar-refractivity contribution in [2.75, 3.05) is 13.7 Å². The molecular formula is C17H34O4Si. The van der Waals surface area contributed by atoms with Crippen LogP contribution in [-0.2, 0) is 18.9 Å². The van der Waals surface area contributed by atoms with Crippen LogP contribution in [0.3, 0.4) is 0 Å². The molecule has 0 saturated carbocycles. The second-order valence-corrected chi connectivity index (χ2v) is 12.3. The molecule has 130 valence electrons. The van der Waals surface area contributed by atoms with Gasteiger partial charge < -0.3 is 9.47 Å². The van der Waals surface area contributed by atoms with Gasteiger partial charge in [0.05, 0.1) is 6.10 Å². The Bertz CT molecular complexity index is 349. The van der Waals surface area contributed by atoms with Crippen LogP contribution in [0, 0.1) is 5.92 Å². The van der Waals surface area contributed by atoms with Crippen molar-refractivity contribution < 1.29 is 18.9 Å². The third-order valence-corrected chi connectivity index (χ3v) is 8.88. The van der Waals surface area contributed by atoms with E-state index < -0.39 is 8.32 Å². The summed E-state index contributed by atoms with van der Waals surface area (Å²) < 4.78 is 17.0. The quantitative estimate of drug-likeness (QED) is 0.280. The molecule has 0 amide bonds.